The maximum Gasteiger partial charge on any atom is 0.124 e. The van der Waals surface area contributed by atoms with Crippen LogP contribution in [0.3, 0.4) is 0 Å². The van der Waals surface area contributed by atoms with Crippen molar-refractivity contribution in [2.75, 3.05) is 0 Å². The molecule has 6 rings (SSSR count). The molecule has 0 radical (unpaired) electrons. The predicted molar refractivity (Wildman–Crippen MR) is 163 cm³/mol. The largest absolute Gasteiger partial charge is 0.507 e. The normalized spacial score (nSPS) is 11.7. The van der Waals surface area contributed by atoms with E-state index < -0.39 is 0 Å². The Morgan fingerprint density at radius 2 is 0.872 bits per heavy atom. The topological polar surface area (TPSA) is 65.2 Å². The van der Waals surface area contributed by atoms with Crippen LogP contribution in [0.1, 0.15) is 11.1 Å². The van der Waals surface area contributed by atoms with Gasteiger partial charge in [0.15, 0.2) is 0 Å². The third-order valence-corrected chi connectivity index (χ3v) is 7.51. The van der Waals surface area contributed by atoms with E-state index in [1.807, 2.05) is 109 Å². The van der Waals surface area contributed by atoms with Crippen molar-refractivity contribution in [1.29, 1.82) is 0 Å². The van der Waals surface area contributed by atoms with E-state index in [4.69, 9.17) is 0 Å². The molecule has 0 aromatic heterocycles. The average molecular weight is 525 g/mol. The van der Waals surface area contributed by atoms with Crippen LogP contribution in [0.15, 0.2) is 141 Å². The van der Waals surface area contributed by atoms with E-state index in [2.05, 4.69) is 9.98 Å². The highest BCUT2D eigenvalue weighted by Crippen LogP contribution is 2.32. The zero-order chi connectivity index (χ0) is 26.6. The first kappa shape index (κ1) is 24.5. The average Bonchev–Trinajstić information content (AvgIpc) is 2.98. The molecule has 0 saturated heterocycles. The lowest BCUT2D eigenvalue weighted by Crippen LogP contribution is -1.86. The number of aliphatic imine (C=N–C) groups is 2. The SMILES string of the molecule is Oc1ccc2ccccc2c1C=Nc1ccc(Sc2ccc(N=Cc3c(O)ccc4ccccc34)cc2)cc1. The molecule has 0 saturated carbocycles. The molecule has 2 N–H and O–H groups in total. The van der Waals surface area contributed by atoms with Crippen molar-refractivity contribution in [3.05, 3.63) is 132 Å². The van der Waals surface area contributed by atoms with E-state index in [9.17, 15) is 10.2 Å². The smallest absolute Gasteiger partial charge is 0.124 e. The fraction of sp³-hybridized carbons (Fsp3) is 0. The van der Waals surface area contributed by atoms with Crippen LogP contribution < -0.4 is 0 Å². The number of fused-ring (bicyclic) bond motifs is 2. The zero-order valence-corrected chi connectivity index (χ0v) is 21.7. The molecule has 6 aromatic carbocycles. The van der Waals surface area contributed by atoms with Gasteiger partial charge in [-0.2, -0.15) is 0 Å². The van der Waals surface area contributed by atoms with Crippen LogP contribution in [-0.4, -0.2) is 22.6 Å². The fourth-order valence-electron chi connectivity index (χ4n) is 4.45. The quantitative estimate of drug-likeness (QED) is 0.214. The van der Waals surface area contributed by atoms with E-state index in [0.29, 0.717) is 11.1 Å². The fourth-order valence-corrected chi connectivity index (χ4v) is 5.27. The number of hydrogen-bond donors (Lipinski definition) is 2. The number of phenolic OH excluding ortho intramolecular Hbond substituents is 2. The van der Waals surface area contributed by atoms with Gasteiger partial charge in [-0.1, -0.05) is 72.4 Å². The van der Waals surface area contributed by atoms with E-state index in [-0.39, 0.29) is 11.5 Å². The Balaban J connectivity index is 1.14. The molecule has 0 aliphatic rings. The molecule has 6 aromatic rings. The van der Waals surface area contributed by atoms with Crippen LogP contribution in [0.25, 0.3) is 21.5 Å². The summed E-state index contributed by atoms with van der Waals surface area (Å²) in [7, 11) is 0. The number of benzene rings is 6. The molecule has 0 heterocycles. The lowest BCUT2D eigenvalue weighted by atomic mass is 10.0. The van der Waals surface area contributed by atoms with Crippen LogP contribution in [0, 0.1) is 0 Å². The highest BCUT2D eigenvalue weighted by molar-refractivity contribution is 7.99. The predicted octanol–water partition coefficient (Wildman–Crippen LogP) is 9.06. The molecule has 39 heavy (non-hydrogen) atoms. The summed E-state index contributed by atoms with van der Waals surface area (Å²) in [5.41, 5.74) is 3.05. The van der Waals surface area contributed by atoms with Gasteiger partial charge in [0, 0.05) is 33.3 Å². The van der Waals surface area contributed by atoms with E-state index in [0.717, 1.165) is 42.7 Å². The van der Waals surface area contributed by atoms with Crippen molar-refractivity contribution >= 4 is 57.1 Å². The van der Waals surface area contributed by atoms with Gasteiger partial charge in [-0.25, -0.2) is 0 Å². The van der Waals surface area contributed by atoms with Crippen molar-refractivity contribution in [2.45, 2.75) is 9.79 Å². The second kappa shape index (κ2) is 10.9. The van der Waals surface area contributed by atoms with Gasteiger partial charge in [0.25, 0.3) is 0 Å². The second-order valence-corrected chi connectivity index (χ2v) is 10.2. The van der Waals surface area contributed by atoms with Crippen LogP contribution in [0.2, 0.25) is 0 Å². The highest BCUT2D eigenvalue weighted by Gasteiger charge is 2.06. The molecule has 0 aliphatic carbocycles. The van der Waals surface area contributed by atoms with Crippen molar-refractivity contribution in [3.63, 3.8) is 0 Å². The van der Waals surface area contributed by atoms with Crippen molar-refractivity contribution < 1.29 is 10.2 Å². The third kappa shape index (κ3) is 5.40. The molecular weight excluding hydrogens is 500 g/mol. The standard InChI is InChI=1S/C34H24N2O2S/c37-33-19-9-23-5-1-3-7-29(23)31(33)21-35-25-11-15-27(16-12-25)39-28-17-13-26(14-18-28)36-22-32-30-8-4-2-6-24(30)10-20-34(32)38/h1-22,37-38H. The molecule has 0 unspecified atom stereocenters. The maximum absolute atomic E-state index is 10.3. The Hall–Kier alpha value is -4.87. The van der Waals surface area contributed by atoms with Crippen LogP contribution in [-0.2, 0) is 0 Å². The maximum atomic E-state index is 10.3. The van der Waals surface area contributed by atoms with Crippen LogP contribution in [0.4, 0.5) is 11.4 Å². The number of rotatable bonds is 6. The summed E-state index contributed by atoms with van der Waals surface area (Å²) < 4.78 is 0. The molecule has 5 heteroatoms. The van der Waals surface area contributed by atoms with E-state index in [1.54, 1.807) is 36.3 Å². The second-order valence-electron chi connectivity index (χ2n) is 9.05. The Kier molecular flexibility index (Phi) is 6.81. The van der Waals surface area contributed by atoms with Gasteiger partial charge in [0.05, 0.1) is 11.4 Å². The monoisotopic (exact) mass is 524 g/mol. The number of hydrogen-bond acceptors (Lipinski definition) is 5. The molecule has 0 spiro atoms. The summed E-state index contributed by atoms with van der Waals surface area (Å²) in [4.78, 5) is 11.4. The van der Waals surface area contributed by atoms with Gasteiger partial charge in [0.1, 0.15) is 11.5 Å². The minimum Gasteiger partial charge on any atom is -0.507 e. The first-order chi connectivity index (χ1) is 19.1. The number of aromatic hydroxyl groups is 2. The highest BCUT2D eigenvalue weighted by atomic mass is 32.2. The van der Waals surface area contributed by atoms with Crippen LogP contribution >= 0.6 is 11.8 Å². The zero-order valence-electron chi connectivity index (χ0n) is 20.9. The molecule has 0 amide bonds. The van der Waals surface area contributed by atoms with E-state index in [1.165, 1.54) is 0 Å². The Morgan fingerprint density at radius 3 is 1.31 bits per heavy atom. The summed E-state index contributed by atoms with van der Waals surface area (Å²) in [6.07, 6.45) is 3.44. The van der Waals surface area contributed by atoms with Crippen molar-refractivity contribution in [1.82, 2.24) is 0 Å². The van der Waals surface area contributed by atoms with Crippen LogP contribution in [0.5, 0.6) is 11.5 Å². The Morgan fingerprint density at radius 1 is 0.462 bits per heavy atom. The van der Waals surface area contributed by atoms with Gasteiger partial charge in [-0.3, -0.25) is 9.98 Å². The van der Waals surface area contributed by atoms with Crippen molar-refractivity contribution in [2.24, 2.45) is 9.98 Å². The number of phenols is 2. The molecular formula is C34H24N2O2S. The molecule has 0 fully saturated rings. The lowest BCUT2D eigenvalue weighted by molar-refractivity contribution is 0.475. The first-order valence-electron chi connectivity index (χ1n) is 12.5. The summed E-state index contributed by atoms with van der Waals surface area (Å²) >= 11 is 1.66. The summed E-state index contributed by atoms with van der Waals surface area (Å²) in [6.45, 7) is 0. The summed E-state index contributed by atoms with van der Waals surface area (Å²) in [6, 6.07) is 39.1. The number of nitrogens with zero attached hydrogens (tertiary/aromatic N) is 2. The minimum absolute atomic E-state index is 0.214. The summed E-state index contributed by atoms with van der Waals surface area (Å²) in [5.74, 6) is 0.428. The Labute approximate surface area is 230 Å². The van der Waals surface area contributed by atoms with Gasteiger partial charge in [0.2, 0.25) is 0 Å². The molecule has 188 valence electrons. The first-order valence-corrected chi connectivity index (χ1v) is 13.3. The third-order valence-electron chi connectivity index (χ3n) is 6.49. The van der Waals surface area contributed by atoms with Gasteiger partial charge in [-0.05, 0) is 82.2 Å². The van der Waals surface area contributed by atoms with E-state index >= 15 is 0 Å². The molecule has 0 bridgehead atoms. The minimum atomic E-state index is 0.214. The van der Waals surface area contributed by atoms with Gasteiger partial charge < -0.3 is 10.2 Å². The molecule has 0 atom stereocenters. The van der Waals surface area contributed by atoms with Crippen molar-refractivity contribution in [3.8, 4) is 11.5 Å². The molecule has 0 aliphatic heterocycles. The lowest BCUT2D eigenvalue weighted by Gasteiger charge is -2.06. The molecule has 4 nitrogen and oxygen atoms in total. The summed E-state index contributed by atoms with van der Waals surface area (Å²) in [5, 5.41) is 24.8. The van der Waals surface area contributed by atoms with Gasteiger partial charge >= 0.3 is 0 Å². The van der Waals surface area contributed by atoms with Gasteiger partial charge in [-0.15, -0.1) is 0 Å². The Bertz CT molecular complexity index is 1710.